The van der Waals surface area contributed by atoms with E-state index >= 15 is 0 Å². The summed E-state index contributed by atoms with van der Waals surface area (Å²) in [5, 5.41) is 14.6. The third kappa shape index (κ3) is 2.58. The second-order valence-corrected chi connectivity index (χ2v) is 4.72. The van der Waals surface area contributed by atoms with Crippen molar-refractivity contribution in [1.29, 1.82) is 0 Å². The van der Waals surface area contributed by atoms with Gasteiger partial charge in [0.2, 0.25) is 0 Å². The molecule has 84 valence electrons. The van der Waals surface area contributed by atoms with Gasteiger partial charge in [-0.15, -0.1) is 0 Å². The van der Waals surface area contributed by atoms with Gasteiger partial charge in [-0.2, -0.15) is 5.10 Å². The minimum Gasteiger partial charge on any atom is -0.389 e. The van der Waals surface area contributed by atoms with Crippen LogP contribution in [0.1, 0.15) is 31.4 Å². The van der Waals surface area contributed by atoms with Gasteiger partial charge in [-0.3, -0.25) is 4.68 Å². The number of aromatic nitrogens is 2. The van der Waals surface area contributed by atoms with Crippen LogP contribution in [0.2, 0.25) is 0 Å². The van der Waals surface area contributed by atoms with Gasteiger partial charge >= 0.3 is 0 Å². The van der Waals surface area contributed by atoms with Gasteiger partial charge in [-0.1, -0.05) is 0 Å². The molecule has 0 aromatic carbocycles. The zero-order chi connectivity index (χ0) is 10.9. The Kier molecular flexibility index (Phi) is 2.80. The van der Waals surface area contributed by atoms with Crippen molar-refractivity contribution in [2.75, 3.05) is 0 Å². The summed E-state index contributed by atoms with van der Waals surface area (Å²) in [7, 11) is 1.89. The van der Waals surface area contributed by atoms with Crippen molar-refractivity contribution >= 4 is 0 Å². The van der Waals surface area contributed by atoms with Crippen molar-refractivity contribution < 1.29 is 5.11 Å². The first-order chi connectivity index (χ1) is 7.07. The van der Waals surface area contributed by atoms with Crippen LogP contribution in [0.5, 0.6) is 0 Å². The zero-order valence-electron chi connectivity index (χ0n) is 9.19. The first kappa shape index (κ1) is 10.6. The molecule has 4 heteroatoms. The van der Waals surface area contributed by atoms with E-state index in [0.29, 0.717) is 6.42 Å². The molecule has 4 nitrogen and oxygen atoms in total. The predicted octanol–water partition coefficient (Wildman–Crippen LogP) is 0.595. The van der Waals surface area contributed by atoms with E-state index in [1.165, 1.54) is 0 Å². The number of nitrogens with two attached hydrogens (primary N) is 1. The topological polar surface area (TPSA) is 64.1 Å². The largest absolute Gasteiger partial charge is 0.389 e. The molecule has 1 saturated carbocycles. The van der Waals surface area contributed by atoms with Crippen LogP contribution in [0.3, 0.4) is 0 Å². The Balaban J connectivity index is 1.99. The van der Waals surface area contributed by atoms with Crippen LogP contribution in [-0.2, 0) is 13.5 Å². The maximum atomic E-state index is 10.3. The highest BCUT2D eigenvalue weighted by atomic mass is 16.3. The molecule has 0 radical (unpaired) electrons. The number of nitrogens with zero attached hydrogens (tertiary/aromatic N) is 2. The Morgan fingerprint density at radius 1 is 1.60 bits per heavy atom. The molecule has 1 aliphatic rings. The molecule has 3 N–H and O–H groups in total. The maximum absolute atomic E-state index is 10.3. The maximum Gasteiger partial charge on any atom is 0.0704 e. The van der Waals surface area contributed by atoms with Gasteiger partial charge < -0.3 is 10.8 Å². The molecule has 0 atom stereocenters. The van der Waals surface area contributed by atoms with E-state index in [-0.39, 0.29) is 6.04 Å². The molecule has 0 spiro atoms. The van der Waals surface area contributed by atoms with E-state index in [2.05, 4.69) is 5.10 Å². The average molecular weight is 209 g/mol. The van der Waals surface area contributed by atoms with Crippen molar-refractivity contribution in [3.8, 4) is 0 Å². The minimum absolute atomic E-state index is 0.272. The third-order valence-corrected chi connectivity index (χ3v) is 3.24. The molecular formula is C11H19N3O. The van der Waals surface area contributed by atoms with Gasteiger partial charge in [0.25, 0.3) is 0 Å². The first-order valence-electron chi connectivity index (χ1n) is 5.54. The smallest absolute Gasteiger partial charge is 0.0704 e. The number of aryl methyl sites for hydroxylation is 1. The summed E-state index contributed by atoms with van der Waals surface area (Å²) < 4.78 is 1.77. The molecule has 0 saturated heterocycles. The van der Waals surface area contributed by atoms with E-state index in [9.17, 15) is 5.11 Å². The van der Waals surface area contributed by atoms with E-state index in [1.807, 2.05) is 19.3 Å². The van der Waals surface area contributed by atoms with Crippen LogP contribution in [0.4, 0.5) is 0 Å². The number of hydrogen-bond acceptors (Lipinski definition) is 3. The van der Waals surface area contributed by atoms with Gasteiger partial charge in [-0.25, -0.2) is 0 Å². The van der Waals surface area contributed by atoms with Crippen LogP contribution in [0.25, 0.3) is 0 Å². The van der Waals surface area contributed by atoms with E-state index in [0.717, 1.165) is 31.4 Å². The van der Waals surface area contributed by atoms with Crippen LogP contribution >= 0.6 is 0 Å². The lowest BCUT2D eigenvalue weighted by Gasteiger charge is -2.34. The molecule has 1 heterocycles. The molecular weight excluding hydrogens is 190 g/mol. The Morgan fingerprint density at radius 2 is 2.27 bits per heavy atom. The second kappa shape index (κ2) is 3.94. The average Bonchev–Trinajstić information content (AvgIpc) is 2.57. The molecule has 1 aromatic rings. The van der Waals surface area contributed by atoms with E-state index in [1.54, 1.807) is 4.68 Å². The molecule has 1 fully saturated rings. The highest BCUT2D eigenvalue weighted by molar-refractivity contribution is 5.05. The number of hydrogen-bond donors (Lipinski definition) is 2. The van der Waals surface area contributed by atoms with Crippen molar-refractivity contribution in [2.24, 2.45) is 12.8 Å². The molecule has 2 rings (SSSR count). The van der Waals surface area contributed by atoms with Gasteiger partial charge in [0.15, 0.2) is 0 Å². The highest BCUT2D eigenvalue weighted by Crippen LogP contribution is 2.30. The summed E-state index contributed by atoms with van der Waals surface area (Å²) in [6, 6.07) is 2.24. The lowest BCUT2D eigenvalue weighted by molar-refractivity contribution is -0.000671. The Labute approximate surface area is 90.1 Å². The zero-order valence-corrected chi connectivity index (χ0v) is 9.19. The lowest BCUT2D eigenvalue weighted by atomic mass is 9.80. The minimum atomic E-state index is -0.579. The Morgan fingerprint density at radius 3 is 2.80 bits per heavy atom. The molecule has 0 bridgehead atoms. The van der Waals surface area contributed by atoms with Crippen molar-refractivity contribution in [1.82, 2.24) is 9.78 Å². The fourth-order valence-electron chi connectivity index (χ4n) is 2.25. The summed E-state index contributed by atoms with van der Waals surface area (Å²) in [5.41, 5.74) is 6.21. The summed E-state index contributed by atoms with van der Waals surface area (Å²) in [6.07, 6.45) is 6.00. The molecule has 0 unspecified atom stereocenters. The van der Waals surface area contributed by atoms with Gasteiger partial charge in [0.1, 0.15) is 0 Å². The fraction of sp³-hybridized carbons (Fsp3) is 0.727. The van der Waals surface area contributed by atoms with Crippen molar-refractivity contribution in [2.45, 2.75) is 43.7 Å². The summed E-state index contributed by atoms with van der Waals surface area (Å²) in [5.74, 6) is 0. The first-order valence-corrected chi connectivity index (χ1v) is 5.54. The van der Waals surface area contributed by atoms with Gasteiger partial charge in [-0.05, 0) is 31.7 Å². The normalized spacial score (nSPS) is 31.8. The van der Waals surface area contributed by atoms with Crippen molar-refractivity contribution in [3.05, 3.63) is 18.0 Å². The quantitative estimate of drug-likeness (QED) is 0.749. The van der Waals surface area contributed by atoms with E-state index in [4.69, 9.17) is 5.73 Å². The fourth-order valence-corrected chi connectivity index (χ4v) is 2.25. The van der Waals surface area contributed by atoms with Crippen LogP contribution in [0, 0.1) is 0 Å². The Hall–Kier alpha value is -0.870. The molecule has 15 heavy (non-hydrogen) atoms. The van der Waals surface area contributed by atoms with Crippen molar-refractivity contribution in [3.63, 3.8) is 0 Å². The van der Waals surface area contributed by atoms with Crippen LogP contribution in [0.15, 0.2) is 12.3 Å². The standard InChI is InChI=1S/C11H19N3O/c1-14-7-4-10(13-14)8-11(15)5-2-9(12)3-6-11/h4,7,9,15H,2-3,5-6,8,12H2,1H3. The monoisotopic (exact) mass is 209 g/mol. The number of aliphatic hydroxyl groups is 1. The second-order valence-electron chi connectivity index (χ2n) is 4.72. The molecule has 0 amide bonds. The SMILES string of the molecule is Cn1ccc(CC2(O)CCC(N)CC2)n1. The van der Waals surface area contributed by atoms with E-state index < -0.39 is 5.60 Å². The molecule has 0 aliphatic heterocycles. The molecule has 1 aliphatic carbocycles. The Bertz CT molecular complexity index is 326. The highest BCUT2D eigenvalue weighted by Gasteiger charge is 2.32. The van der Waals surface area contributed by atoms with Crippen LogP contribution < -0.4 is 5.73 Å². The molecule has 1 aromatic heterocycles. The van der Waals surface area contributed by atoms with Gasteiger partial charge in [0.05, 0.1) is 11.3 Å². The number of rotatable bonds is 2. The summed E-state index contributed by atoms with van der Waals surface area (Å²) >= 11 is 0. The third-order valence-electron chi connectivity index (χ3n) is 3.24. The predicted molar refractivity (Wildman–Crippen MR) is 58.3 cm³/mol. The lowest BCUT2D eigenvalue weighted by Crippen LogP contribution is -2.40. The van der Waals surface area contributed by atoms with Crippen LogP contribution in [-0.4, -0.2) is 26.5 Å². The summed E-state index contributed by atoms with van der Waals surface area (Å²) in [6.45, 7) is 0. The summed E-state index contributed by atoms with van der Waals surface area (Å²) in [4.78, 5) is 0. The van der Waals surface area contributed by atoms with Gasteiger partial charge in [0, 0.05) is 25.7 Å².